The van der Waals surface area contributed by atoms with Crippen molar-refractivity contribution in [3.63, 3.8) is 0 Å². The number of hydrogen-bond acceptors (Lipinski definition) is 1. The van der Waals surface area contributed by atoms with Crippen molar-refractivity contribution in [2.45, 2.75) is 26.4 Å². The van der Waals surface area contributed by atoms with Crippen LogP contribution in [0.3, 0.4) is 0 Å². The van der Waals surface area contributed by atoms with Gasteiger partial charge in [-0.15, -0.1) is 0 Å². The summed E-state index contributed by atoms with van der Waals surface area (Å²) in [5.74, 6) is 0.972. The van der Waals surface area contributed by atoms with Gasteiger partial charge in [-0.2, -0.15) is 0 Å². The summed E-state index contributed by atoms with van der Waals surface area (Å²) in [5.41, 5.74) is 2.47. The summed E-state index contributed by atoms with van der Waals surface area (Å²) in [6.07, 6.45) is 0.797. The molecular formula is C12H16O. The van der Waals surface area contributed by atoms with Gasteiger partial charge in [0.1, 0.15) is 0 Å². The van der Waals surface area contributed by atoms with E-state index in [4.69, 9.17) is 0 Å². The van der Waals surface area contributed by atoms with Gasteiger partial charge in [0.15, 0.2) is 0 Å². The fraction of sp³-hybridized carbons (Fsp3) is 0.500. The van der Waals surface area contributed by atoms with Crippen LogP contribution in [0.25, 0.3) is 0 Å². The molecule has 0 aromatic heterocycles. The Morgan fingerprint density at radius 1 is 1.31 bits per heavy atom. The zero-order valence-corrected chi connectivity index (χ0v) is 8.20. The van der Waals surface area contributed by atoms with Crippen LogP contribution in [0.1, 0.15) is 31.1 Å². The molecule has 1 N–H and O–H groups in total. The Morgan fingerprint density at radius 3 is 2.62 bits per heavy atom. The lowest BCUT2D eigenvalue weighted by Crippen LogP contribution is -2.13. The molecule has 0 amide bonds. The normalized spacial score (nSPS) is 26.5. The fourth-order valence-electron chi connectivity index (χ4n) is 2.21. The van der Waals surface area contributed by atoms with E-state index < -0.39 is 0 Å². The topological polar surface area (TPSA) is 20.2 Å². The fourth-order valence-corrected chi connectivity index (χ4v) is 2.21. The van der Waals surface area contributed by atoms with Crippen molar-refractivity contribution in [2.75, 3.05) is 0 Å². The molecule has 1 heteroatoms. The largest absolute Gasteiger partial charge is 0.388 e. The van der Waals surface area contributed by atoms with Crippen molar-refractivity contribution in [1.29, 1.82) is 0 Å². The van der Waals surface area contributed by atoms with Crippen molar-refractivity contribution < 1.29 is 5.11 Å². The molecule has 0 radical (unpaired) electrons. The number of aliphatic hydroxyl groups is 1. The van der Waals surface area contributed by atoms with Crippen LogP contribution in [-0.4, -0.2) is 5.11 Å². The van der Waals surface area contributed by atoms with Gasteiger partial charge in [-0.1, -0.05) is 38.1 Å². The van der Waals surface area contributed by atoms with Gasteiger partial charge in [0.25, 0.3) is 0 Å². The van der Waals surface area contributed by atoms with Gasteiger partial charge >= 0.3 is 0 Å². The van der Waals surface area contributed by atoms with E-state index in [2.05, 4.69) is 19.9 Å². The first kappa shape index (κ1) is 8.76. The van der Waals surface area contributed by atoms with Crippen LogP contribution >= 0.6 is 0 Å². The molecule has 0 saturated carbocycles. The van der Waals surface area contributed by atoms with Crippen molar-refractivity contribution in [1.82, 2.24) is 0 Å². The maximum atomic E-state index is 10.0. The minimum Gasteiger partial charge on any atom is -0.388 e. The van der Waals surface area contributed by atoms with Crippen molar-refractivity contribution in [3.8, 4) is 0 Å². The molecule has 0 fully saturated rings. The monoisotopic (exact) mass is 176 g/mol. The number of hydrogen-bond donors (Lipinski definition) is 1. The first-order chi connectivity index (χ1) is 6.20. The highest BCUT2D eigenvalue weighted by molar-refractivity contribution is 5.34. The molecule has 2 rings (SSSR count). The van der Waals surface area contributed by atoms with Gasteiger partial charge in [0, 0.05) is 0 Å². The molecule has 0 bridgehead atoms. The average Bonchev–Trinajstić information content (AvgIpc) is 2.45. The minimum atomic E-state index is -0.240. The first-order valence-electron chi connectivity index (χ1n) is 4.96. The standard InChI is InChI=1S/C12H16O/c1-8(2)11-7-9-5-3-4-6-10(9)12(11)13/h3-6,8,11-13H,7H2,1-2H3/t11-,12+/m0/s1. The molecule has 1 aliphatic rings. The third kappa shape index (κ3) is 1.37. The van der Waals surface area contributed by atoms with Gasteiger partial charge in [-0.05, 0) is 29.4 Å². The summed E-state index contributed by atoms with van der Waals surface area (Å²) in [6.45, 7) is 4.36. The van der Waals surface area contributed by atoms with Crippen LogP contribution < -0.4 is 0 Å². The van der Waals surface area contributed by atoms with Crippen molar-refractivity contribution in [3.05, 3.63) is 35.4 Å². The third-order valence-electron chi connectivity index (χ3n) is 3.09. The summed E-state index contributed by atoms with van der Waals surface area (Å²) in [4.78, 5) is 0. The molecule has 2 atom stereocenters. The number of rotatable bonds is 1. The predicted molar refractivity (Wildman–Crippen MR) is 53.4 cm³/mol. The van der Waals surface area contributed by atoms with Crippen molar-refractivity contribution in [2.24, 2.45) is 11.8 Å². The molecule has 70 valence electrons. The Labute approximate surface area is 79.4 Å². The van der Waals surface area contributed by atoms with Crippen LogP contribution in [0.2, 0.25) is 0 Å². The van der Waals surface area contributed by atoms with Gasteiger partial charge in [-0.25, -0.2) is 0 Å². The number of fused-ring (bicyclic) bond motifs is 1. The van der Waals surface area contributed by atoms with Crippen LogP contribution in [0, 0.1) is 11.8 Å². The van der Waals surface area contributed by atoms with Crippen LogP contribution in [0.5, 0.6) is 0 Å². The highest BCUT2D eigenvalue weighted by atomic mass is 16.3. The van der Waals surface area contributed by atoms with E-state index >= 15 is 0 Å². The Morgan fingerprint density at radius 2 is 2.00 bits per heavy atom. The SMILES string of the molecule is CC(C)[C@@H]1Cc2ccccc2[C@H]1O. The van der Waals surface area contributed by atoms with Crippen molar-refractivity contribution >= 4 is 0 Å². The number of benzene rings is 1. The summed E-state index contributed by atoms with van der Waals surface area (Å²) in [7, 11) is 0. The molecule has 0 aliphatic heterocycles. The van der Waals surface area contributed by atoms with Gasteiger partial charge < -0.3 is 5.11 Å². The van der Waals surface area contributed by atoms with Crippen LogP contribution in [0.15, 0.2) is 24.3 Å². The lowest BCUT2D eigenvalue weighted by Gasteiger charge is -2.18. The summed E-state index contributed by atoms with van der Waals surface area (Å²) in [5, 5.41) is 10.0. The average molecular weight is 176 g/mol. The number of aliphatic hydroxyl groups excluding tert-OH is 1. The summed E-state index contributed by atoms with van der Waals surface area (Å²) in [6, 6.07) is 8.22. The molecule has 0 saturated heterocycles. The van der Waals surface area contributed by atoms with Crippen LogP contribution in [-0.2, 0) is 6.42 Å². The maximum absolute atomic E-state index is 10.0. The molecule has 1 aromatic rings. The minimum absolute atomic E-state index is 0.240. The third-order valence-corrected chi connectivity index (χ3v) is 3.09. The van der Waals surface area contributed by atoms with Gasteiger partial charge in [0.2, 0.25) is 0 Å². The second kappa shape index (κ2) is 3.15. The second-order valence-corrected chi connectivity index (χ2v) is 4.26. The lowest BCUT2D eigenvalue weighted by molar-refractivity contribution is 0.0968. The maximum Gasteiger partial charge on any atom is 0.0826 e. The summed E-state index contributed by atoms with van der Waals surface area (Å²) < 4.78 is 0. The molecule has 1 aliphatic carbocycles. The second-order valence-electron chi connectivity index (χ2n) is 4.26. The smallest absolute Gasteiger partial charge is 0.0826 e. The van der Waals surface area contributed by atoms with E-state index in [0.29, 0.717) is 11.8 Å². The highest BCUT2D eigenvalue weighted by Gasteiger charge is 2.32. The molecule has 1 nitrogen and oxygen atoms in total. The zero-order chi connectivity index (χ0) is 9.42. The summed E-state index contributed by atoms with van der Waals surface area (Å²) >= 11 is 0. The van der Waals surface area contributed by atoms with E-state index in [0.717, 1.165) is 12.0 Å². The Hall–Kier alpha value is -0.820. The Bertz CT molecular complexity index is 304. The van der Waals surface area contributed by atoms with E-state index in [1.807, 2.05) is 18.2 Å². The quantitative estimate of drug-likeness (QED) is 0.697. The molecule has 0 spiro atoms. The van der Waals surface area contributed by atoms with E-state index in [9.17, 15) is 5.11 Å². The Balaban J connectivity index is 2.32. The predicted octanol–water partition coefficient (Wildman–Crippen LogP) is 2.55. The molecule has 0 unspecified atom stereocenters. The molecule has 13 heavy (non-hydrogen) atoms. The van der Waals surface area contributed by atoms with Crippen LogP contribution in [0.4, 0.5) is 0 Å². The zero-order valence-electron chi connectivity index (χ0n) is 8.20. The Kier molecular flexibility index (Phi) is 2.12. The molecule has 1 aromatic carbocycles. The molecule has 0 heterocycles. The van der Waals surface area contributed by atoms with Gasteiger partial charge in [0.05, 0.1) is 6.10 Å². The van der Waals surface area contributed by atoms with E-state index in [1.54, 1.807) is 0 Å². The van der Waals surface area contributed by atoms with E-state index in [1.165, 1.54) is 5.56 Å². The van der Waals surface area contributed by atoms with Gasteiger partial charge in [-0.3, -0.25) is 0 Å². The highest BCUT2D eigenvalue weighted by Crippen LogP contribution is 2.39. The first-order valence-corrected chi connectivity index (χ1v) is 4.96. The van der Waals surface area contributed by atoms with E-state index in [-0.39, 0.29) is 6.10 Å². The lowest BCUT2D eigenvalue weighted by atomic mass is 9.91. The molecular weight excluding hydrogens is 160 g/mol.